The largest absolute Gasteiger partial charge is 0.395 e. The van der Waals surface area contributed by atoms with E-state index in [2.05, 4.69) is 16.6 Å². The lowest BCUT2D eigenvalue weighted by molar-refractivity contribution is 0.305. The molecule has 1 rings (SSSR count). The highest BCUT2D eigenvalue weighted by Crippen LogP contribution is 2.15. The van der Waals surface area contributed by atoms with Gasteiger partial charge in [0.25, 0.3) is 0 Å². The Balaban J connectivity index is 2.90. The van der Waals surface area contributed by atoms with E-state index in [4.69, 9.17) is 5.11 Å². The smallest absolute Gasteiger partial charge is 0.216 e. The molecule has 0 unspecified atom stereocenters. The molecule has 0 heterocycles. The Hall–Kier alpha value is -1.42. The van der Waals surface area contributed by atoms with Crippen molar-refractivity contribution in [2.45, 2.75) is 38.5 Å². The summed E-state index contributed by atoms with van der Waals surface area (Å²) in [4.78, 5) is 0. The van der Waals surface area contributed by atoms with Crippen molar-refractivity contribution in [1.29, 1.82) is 0 Å². The minimum Gasteiger partial charge on any atom is -0.395 e. The van der Waals surface area contributed by atoms with E-state index in [9.17, 15) is 12.8 Å². The summed E-state index contributed by atoms with van der Waals surface area (Å²) in [6.07, 6.45) is 0.337. The summed E-state index contributed by atoms with van der Waals surface area (Å²) >= 11 is 0. The van der Waals surface area contributed by atoms with Crippen molar-refractivity contribution >= 4 is 10.0 Å². The maximum Gasteiger partial charge on any atom is 0.216 e. The summed E-state index contributed by atoms with van der Waals surface area (Å²) in [5, 5.41) is 8.65. The second kappa shape index (κ2) is 7.03. The van der Waals surface area contributed by atoms with Crippen LogP contribution in [0.15, 0.2) is 18.2 Å². The van der Waals surface area contributed by atoms with Crippen LogP contribution in [0.5, 0.6) is 0 Å². The lowest BCUT2D eigenvalue weighted by Crippen LogP contribution is -2.39. The highest BCUT2D eigenvalue weighted by Gasteiger charge is 2.28. The molecule has 0 saturated carbocycles. The zero-order valence-electron chi connectivity index (χ0n) is 12.4. The maximum atomic E-state index is 13.7. The first-order valence-electron chi connectivity index (χ1n) is 6.55. The summed E-state index contributed by atoms with van der Waals surface area (Å²) in [5.41, 5.74) is 0.813. The molecule has 1 aromatic rings. The number of hydrogen-bond acceptors (Lipinski definition) is 3. The Morgan fingerprint density at radius 2 is 2.00 bits per heavy atom. The van der Waals surface area contributed by atoms with Crippen LogP contribution in [0, 0.1) is 17.7 Å². The minimum atomic E-state index is -3.53. The lowest BCUT2D eigenvalue weighted by Gasteiger charge is -2.19. The molecule has 2 N–H and O–H groups in total. The molecule has 0 aromatic heterocycles. The van der Waals surface area contributed by atoms with Crippen LogP contribution >= 0.6 is 0 Å². The molecule has 1 aromatic carbocycles. The molecule has 0 saturated heterocycles. The topological polar surface area (TPSA) is 66.4 Å². The number of benzene rings is 1. The van der Waals surface area contributed by atoms with Crippen LogP contribution in [0.2, 0.25) is 0 Å². The van der Waals surface area contributed by atoms with Crippen LogP contribution in [0.1, 0.15) is 38.3 Å². The predicted molar refractivity (Wildman–Crippen MR) is 80.5 cm³/mol. The van der Waals surface area contributed by atoms with Crippen molar-refractivity contribution in [3.05, 3.63) is 35.1 Å². The van der Waals surface area contributed by atoms with Crippen molar-refractivity contribution in [3.8, 4) is 11.8 Å². The Bertz CT molecular complexity index is 652. The van der Waals surface area contributed by atoms with Crippen LogP contribution in [-0.2, 0) is 16.6 Å². The molecule has 0 aliphatic heterocycles. The molecule has 0 radical (unpaired) electrons. The van der Waals surface area contributed by atoms with Crippen LogP contribution in [-0.4, -0.2) is 24.9 Å². The third-order valence-electron chi connectivity index (χ3n) is 2.77. The zero-order chi connectivity index (χ0) is 16.1. The second-order valence-corrected chi connectivity index (χ2v) is 8.04. The van der Waals surface area contributed by atoms with Crippen LogP contribution in [0.4, 0.5) is 4.39 Å². The van der Waals surface area contributed by atoms with E-state index < -0.39 is 20.6 Å². The molecule has 0 spiro atoms. The standard InChI is InChI=1S/C15H20FNO3S/c1-15(2,3)21(19,20)17-11-13-10-12(6-4-5-9-18)7-8-14(13)16/h7-8,10,17-18H,5,9,11H2,1-3H3. The first-order chi connectivity index (χ1) is 9.67. The number of hydrogen-bond donors (Lipinski definition) is 2. The fourth-order valence-electron chi connectivity index (χ4n) is 1.40. The van der Waals surface area contributed by atoms with Gasteiger partial charge in [-0.2, -0.15) is 0 Å². The van der Waals surface area contributed by atoms with Gasteiger partial charge in [0, 0.05) is 24.1 Å². The number of aliphatic hydroxyl groups is 1. The predicted octanol–water partition coefficient (Wildman–Crippen LogP) is 1.78. The van der Waals surface area contributed by atoms with Crippen molar-refractivity contribution in [2.24, 2.45) is 0 Å². The van der Waals surface area contributed by atoms with Crippen molar-refractivity contribution in [3.63, 3.8) is 0 Å². The van der Waals surface area contributed by atoms with E-state index in [0.717, 1.165) is 0 Å². The van der Waals surface area contributed by atoms with E-state index in [1.165, 1.54) is 18.2 Å². The van der Waals surface area contributed by atoms with Crippen LogP contribution in [0.25, 0.3) is 0 Å². The maximum absolute atomic E-state index is 13.7. The van der Waals surface area contributed by atoms with Gasteiger partial charge in [0.05, 0.1) is 11.4 Å². The van der Waals surface area contributed by atoms with Gasteiger partial charge in [-0.1, -0.05) is 11.8 Å². The van der Waals surface area contributed by atoms with Crippen molar-refractivity contribution in [2.75, 3.05) is 6.61 Å². The van der Waals surface area contributed by atoms with Crippen molar-refractivity contribution in [1.82, 2.24) is 4.72 Å². The van der Waals surface area contributed by atoms with Gasteiger partial charge in [-0.25, -0.2) is 17.5 Å². The molecule has 6 heteroatoms. The van der Waals surface area contributed by atoms with Gasteiger partial charge in [-0.15, -0.1) is 0 Å². The molecule has 0 amide bonds. The molecular formula is C15H20FNO3S. The van der Waals surface area contributed by atoms with Gasteiger partial charge in [0.2, 0.25) is 10.0 Å². The highest BCUT2D eigenvalue weighted by molar-refractivity contribution is 7.90. The minimum absolute atomic E-state index is 0.0353. The van der Waals surface area contributed by atoms with Crippen LogP contribution < -0.4 is 4.72 Å². The zero-order valence-corrected chi connectivity index (χ0v) is 13.2. The molecule has 0 bridgehead atoms. The quantitative estimate of drug-likeness (QED) is 0.833. The Morgan fingerprint density at radius 3 is 2.57 bits per heavy atom. The highest BCUT2D eigenvalue weighted by atomic mass is 32.2. The third kappa shape index (κ3) is 5.12. The van der Waals surface area contributed by atoms with Gasteiger partial charge >= 0.3 is 0 Å². The summed E-state index contributed by atoms with van der Waals surface area (Å²) in [7, 11) is -3.53. The molecule has 4 nitrogen and oxygen atoms in total. The lowest BCUT2D eigenvalue weighted by atomic mass is 10.1. The number of rotatable bonds is 4. The fraction of sp³-hybridized carbons (Fsp3) is 0.467. The average molecular weight is 313 g/mol. The summed E-state index contributed by atoms with van der Waals surface area (Å²) in [5.74, 6) is 5.03. The molecule has 116 valence electrons. The Labute approximate surface area is 125 Å². The molecule has 0 fully saturated rings. The van der Waals surface area contributed by atoms with Crippen molar-refractivity contribution < 1.29 is 17.9 Å². The normalized spacial score (nSPS) is 11.9. The molecule has 0 aliphatic rings. The molecule has 0 atom stereocenters. The fourth-order valence-corrected chi connectivity index (χ4v) is 2.18. The van der Waals surface area contributed by atoms with E-state index in [1.54, 1.807) is 20.8 Å². The van der Waals surface area contributed by atoms with Gasteiger partial charge < -0.3 is 5.11 Å². The molecule has 0 aliphatic carbocycles. The summed E-state index contributed by atoms with van der Waals surface area (Å²) in [6, 6.07) is 4.27. The number of aliphatic hydroxyl groups excluding tert-OH is 1. The molecular weight excluding hydrogens is 293 g/mol. The summed E-state index contributed by atoms with van der Waals surface area (Å²) < 4.78 is 39.0. The van der Waals surface area contributed by atoms with E-state index in [0.29, 0.717) is 12.0 Å². The number of sulfonamides is 1. The SMILES string of the molecule is CC(C)(C)S(=O)(=O)NCc1cc(C#CCCO)ccc1F. The third-order valence-corrected chi connectivity index (χ3v) is 4.91. The van der Waals surface area contributed by atoms with E-state index in [-0.39, 0.29) is 18.7 Å². The first-order valence-corrected chi connectivity index (χ1v) is 8.03. The second-order valence-electron chi connectivity index (χ2n) is 5.52. The van der Waals surface area contributed by atoms with Gasteiger partial charge in [0.15, 0.2) is 0 Å². The number of halogens is 1. The molecule has 21 heavy (non-hydrogen) atoms. The first kappa shape index (κ1) is 17.6. The van der Waals surface area contributed by atoms with Gasteiger partial charge in [-0.3, -0.25) is 0 Å². The summed E-state index contributed by atoms with van der Waals surface area (Å²) in [6.45, 7) is 4.56. The van der Waals surface area contributed by atoms with E-state index >= 15 is 0 Å². The van der Waals surface area contributed by atoms with Gasteiger partial charge in [0.1, 0.15) is 5.82 Å². The van der Waals surface area contributed by atoms with Gasteiger partial charge in [-0.05, 0) is 39.0 Å². The van der Waals surface area contributed by atoms with Crippen LogP contribution in [0.3, 0.4) is 0 Å². The number of nitrogens with one attached hydrogen (secondary N) is 1. The average Bonchev–Trinajstić information content (AvgIpc) is 2.38. The Kier molecular flexibility index (Phi) is 5.90. The monoisotopic (exact) mass is 313 g/mol. The van der Waals surface area contributed by atoms with E-state index in [1.807, 2.05) is 0 Å². The Morgan fingerprint density at radius 1 is 1.33 bits per heavy atom.